The summed E-state index contributed by atoms with van der Waals surface area (Å²) >= 11 is 1.78. The molecule has 2 aromatic heterocycles. The molecule has 11 heteroatoms. The van der Waals surface area contributed by atoms with Gasteiger partial charge in [-0.15, -0.1) is 11.3 Å². The third-order valence-electron chi connectivity index (χ3n) is 10.4. The Balaban J connectivity index is 0.849. The summed E-state index contributed by atoms with van der Waals surface area (Å²) in [6.45, 7) is 6.56. The monoisotopic (exact) mass is 661 g/mol. The first-order valence-corrected chi connectivity index (χ1v) is 17.5. The lowest BCUT2D eigenvalue weighted by atomic mass is 9.77. The van der Waals surface area contributed by atoms with Gasteiger partial charge in [0.2, 0.25) is 5.91 Å². The van der Waals surface area contributed by atoms with Crippen LogP contribution in [0.15, 0.2) is 79.1 Å². The van der Waals surface area contributed by atoms with E-state index >= 15 is 0 Å². The molecule has 5 aromatic rings. The number of para-hydroxylation sites is 1. The summed E-state index contributed by atoms with van der Waals surface area (Å²) in [5.74, 6) is 0.896. The molecule has 0 aliphatic carbocycles. The van der Waals surface area contributed by atoms with E-state index in [1.165, 1.54) is 9.71 Å². The lowest BCUT2D eigenvalue weighted by molar-refractivity contribution is -0.127. The van der Waals surface area contributed by atoms with Crippen LogP contribution in [0.5, 0.6) is 5.75 Å². The van der Waals surface area contributed by atoms with Crippen LogP contribution in [0.1, 0.15) is 34.6 Å². The fraction of sp³-hybridized carbons (Fsp3) is 0.351. The first-order valence-electron chi connectivity index (χ1n) is 16.7. The van der Waals surface area contributed by atoms with E-state index in [9.17, 15) is 9.59 Å². The van der Waals surface area contributed by atoms with E-state index in [1.54, 1.807) is 24.6 Å². The standard InChI is InChI=1S/C37H39N7O3S/c1-47-32-22-29(10-11-30(32)27-23-38-39-24-27)44-17-14-37(36(44)46)12-15-43(16-13-37)35(45)26-6-8-28(9-7-26)42-20-18-41(19-21-42)25-34-40-31-4-2-3-5-33(31)48-34/h2-11,22-24H,12-21,25H2,1H3,(H,38,39). The van der Waals surface area contributed by atoms with Crippen LogP contribution < -0.4 is 14.5 Å². The number of hydrogen-bond acceptors (Lipinski definition) is 8. The summed E-state index contributed by atoms with van der Waals surface area (Å²) in [6.07, 6.45) is 5.73. The SMILES string of the molecule is COc1cc(N2CCC3(CCN(C(=O)c4ccc(N5CCN(Cc6nc7ccccc7s6)CC5)cc4)CC3)C2=O)ccc1-c1cn[nH]c1. The topological polar surface area (TPSA) is 97.9 Å². The number of thiazole rings is 1. The van der Waals surface area contributed by atoms with E-state index in [4.69, 9.17) is 9.72 Å². The Morgan fingerprint density at radius 1 is 0.917 bits per heavy atom. The molecule has 5 heterocycles. The fourth-order valence-electron chi connectivity index (χ4n) is 7.49. The number of anilines is 2. The molecular formula is C37H39N7O3S. The first kappa shape index (κ1) is 30.6. The van der Waals surface area contributed by atoms with Gasteiger partial charge in [0.15, 0.2) is 0 Å². The molecule has 48 heavy (non-hydrogen) atoms. The highest BCUT2D eigenvalue weighted by molar-refractivity contribution is 7.18. The van der Waals surface area contributed by atoms with Crippen molar-refractivity contribution >= 4 is 44.7 Å². The van der Waals surface area contributed by atoms with Gasteiger partial charge in [-0.1, -0.05) is 12.1 Å². The van der Waals surface area contributed by atoms with Crippen molar-refractivity contribution in [1.82, 2.24) is 25.0 Å². The number of ether oxygens (including phenoxy) is 1. The molecule has 3 aromatic carbocycles. The van der Waals surface area contributed by atoms with Crippen LogP contribution in [-0.2, 0) is 11.3 Å². The van der Waals surface area contributed by atoms with Gasteiger partial charge in [-0.25, -0.2) is 4.98 Å². The van der Waals surface area contributed by atoms with Crippen molar-refractivity contribution in [3.05, 3.63) is 89.7 Å². The third kappa shape index (κ3) is 5.71. The van der Waals surface area contributed by atoms with Crippen molar-refractivity contribution in [3.63, 3.8) is 0 Å². The van der Waals surface area contributed by atoms with Crippen molar-refractivity contribution in [2.45, 2.75) is 25.8 Å². The number of likely N-dealkylation sites (tertiary alicyclic amines) is 1. The number of methoxy groups -OCH3 is 1. The minimum Gasteiger partial charge on any atom is -0.496 e. The van der Waals surface area contributed by atoms with Gasteiger partial charge in [0.1, 0.15) is 10.8 Å². The maximum absolute atomic E-state index is 13.8. The van der Waals surface area contributed by atoms with Gasteiger partial charge in [0.25, 0.3) is 5.91 Å². The highest BCUT2D eigenvalue weighted by Gasteiger charge is 2.49. The van der Waals surface area contributed by atoms with E-state index in [1.807, 2.05) is 52.4 Å². The molecule has 8 rings (SSSR count). The van der Waals surface area contributed by atoms with Gasteiger partial charge in [0, 0.05) is 86.1 Å². The summed E-state index contributed by atoms with van der Waals surface area (Å²) in [5.41, 5.74) is 5.21. The number of rotatable bonds is 7. The number of aromatic nitrogens is 3. The summed E-state index contributed by atoms with van der Waals surface area (Å²) < 4.78 is 6.91. The number of benzene rings is 3. The van der Waals surface area contributed by atoms with Gasteiger partial charge in [-0.2, -0.15) is 5.10 Å². The molecule has 1 spiro atoms. The molecule has 0 radical (unpaired) electrons. The molecule has 246 valence electrons. The Labute approximate surface area is 283 Å². The number of fused-ring (bicyclic) bond motifs is 1. The fourth-order valence-corrected chi connectivity index (χ4v) is 8.50. The summed E-state index contributed by atoms with van der Waals surface area (Å²) in [4.78, 5) is 40.8. The molecule has 0 saturated carbocycles. The number of piperazine rings is 1. The molecule has 3 saturated heterocycles. The minimum atomic E-state index is -0.424. The lowest BCUT2D eigenvalue weighted by Crippen LogP contribution is -2.46. The number of nitrogens with one attached hydrogen (secondary N) is 1. The van der Waals surface area contributed by atoms with Crippen LogP contribution in [0, 0.1) is 5.41 Å². The molecule has 2 amide bonds. The van der Waals surface area contributed by atoms with Crippen LogP contribution >= 0.6 is 11.3 Å². The zero-order valence-electron chi connectivity index (χ0n) is 27.1. The predicted molar refractivity (Wildman–Crippen MR) is 189 cm³/mol. The molecule has 0 bridgehead atoms. The van der Waals surface area contributed by atoms with Crippen LogP contribution in [0.3, 0.4) is 0 Å². The van der Waals surface area contributed by atoms with E-state index in [2.05, 4.69) is 50.3 Å². The molecule has 0 atom stereocenters. The number of aromatic amines is 1. The first-order chi connectivity index (χ1) is 23.5. The number of carbonyl (C=O) groups excluding carboxylic acids is 2. The maximum Gasteiger partial charge on any atom is 0.253 e. The zero-order valence-corrected chi connectivity index (χ0v) is 27.9. The quantitative estimate of drug-likeness (QED) is 0.240. The number of hydrogen-bond donors (Lipinski definition) is 1. The highest BCUT2D eigenvalue weighted by atomic mass is 32.1. The van der Waals surface area contributed by atoms with Crippen LogP contribution in [0.25, 0.3) is 21.3 Å². The molecule has 3 aliphatic heterocycles. The molecule has 3 fully saturated rings. The van der Waals surface area contributed by atoms with E-state index in [0.29, 0.717) is 43.8 Å². The van der Waals surface area contributed by atoms with E-state index in [0.717, 1.165) is 67.2 Å². The van der Waals surface area contributed by atoms with E-state index in [-0.39, 0.29) is 11.8 Å². The second-order valence-electron chi connectivity index (χ2n) is 13.0. The molecular weight excluding hydrogens is 623 g/mol. The Bertz CT molecular complexity index is 1890. The van der Waals surface area contributed by atoms with Gasteiger partial charge in [-0.3, -0.25) is 19.6 Å². The summed E-state index contributed by atoms with van der Waals surface area (Å²) in [7, 11) is 1.64. The molecule has 10 nitrogen and oxygen atoms in total. The minimum absolute atomic E-state index is 0.0407. The average molecular weight is 662 g/mol. The Hall–Kier alpha value is -4.74. The smallest absolute Gasteiger partial charge is 0.253 e. The Morgan fingerprint density at radius 3 is 2.40 bits per heavy atom. The van der Waals surface area contributed by atoms with Crippen molar-refractivity contribution in [2.75, 3.05) is 62.7 Å². The third-order valence-corrected chi connectivity index (χ3v) is 11.4. The van der Waals surface area contributed by atoms with Crippen molar-refractivity contribution in [3.8, 4) is 16.9 Å². The van der Waals surface area contributed by atoms with Crippen LogP contribution in [0.4, 0.5) is 11.4 Å². The largest absolute Gasteiger partial charge is 0.496 e. The average Bonchev–Trinajstić information content (AvgIpc) is 3.88. The Kier molecular flexibility index (Phi) is 8.09. The van der Waals surface area contributed by atoms with Crippen LogP contribution in [0.2, 0.25) is 0 Å². The number of amides is 2. The number of piperidine rings is 1. The summed E-state index contributed by atoms with van der Waals surface area (Å²) in [6, 6.07) is 22.3. The zero-order chi connectivity index (χ0) is 32.7. The normalized spacial score (nSPS) is 18.3. The van der Waals surface area contributed by atoms with Gasteiger partial charge >= 0.3 is 0 Å². The molecule has 0 unspecified atom stereocenters. The molecule has 3 aliphatic rings. The van der Waals surface area contributed by atoms with Crippen LogP contribution in [-0.4, -0.2) is 89.7 Å². The second-order valence-corrected chi connectivity index (χ2v) is 14.2. The molecule has 1 N–H and O–H groups in total. The highest BCUT2D eigenvalue weighted by Crippen LogP contribution is 2.44. The number of nitrogens with zero attached hydrogens (tertiary/aromatic N) is 6. The van der Waals surface area contributed by atoms with Gasteiger partial charge in [0.05, 0.1) is 35.5 Å². The number of H-pyrrole nitrogens is 1. The number of carbonyl (C=O) groups is 2. The van der Waals surface area contributed by atoms with Gasteiger partial charge < -0.3 is 19.4 Å². The van der Waals surface area contributed by atoms with Crippen molar-refractivity contribution in [2.24, 2.45) is 5.41 Å². The lowest BCUT2D eigenvalue weighted by Gasteiger charge is -2.38. The Morgan fingerprint density at radius 2 is 1.67 bits per heavy atom. The maximum atomic E-state index is 13.8. The van der Waals surface area contributed by atoms with Crippen molar-refractivity contribution in [1.29, 1.82) is 0 Å². The van der Waals surface area contributed by atoms with Crippen molar-refractivity contribution < 1.29 is 14.3 Å². The predicted octanol–water partition coefficient (Wildman–Crippen LogP) is 5.68. The summed E-state index contributed by atoms with van der Waals surface area (Å²) in [5, 5.41) is 8.05. The van der Waals surface area contributed by atoms with Gasteiger partial charge in [-0.05, 0) is 67.8 Å². The van der Waals surface area contributed by atoms with E-state index < -0.39 is 5.41 Å². The second kappa shape index (κ2) is 12.7.